The van der Waals surface area contributed by atoms with E-state index in [1.165, 1.54) is 0 Å². The van der Waals surface area contributed by atoms with Gasteiger partial charge in [0.25, 0.3) is 0 Å². The van der Waals surface area contributed by atoms with Crippen molar-refractivity contribution < 1.29 is 36.2 Å². The molecule has 0 spiro atoms. The lowest BCUT2D eigenvalue weighted by molar-refractivity contribution is -0.206. The van der Waals surface area contributed by atoms with Gasteiger partial charge in [-0.2, -0.15) is 0 Å². The quantitative estimate of drug-likeness (QED) is 0.268. The number of hydrogen-bond donors (Lipinski definition) is 0. The van der Waals surface area contributed by atoms with Crippen LogP contribution in [0.3, 0.4) is 0 Å². The van der Waals surface area contributed by atoms with Gasteiger partial charge in [-0.3, -0.25) is 0 Å². The van der Waals surface area contributed by atoms with Gasteiger partial charge in [-0.25, -0.2) is 22.0 Å². The lowest BCUT2D eigenvalue weighted by Crippen LogP contribution is -2.26. The fraction of sp³-hybridized carbons (Fsp3) is 0.308. The fourth-order valence-electron chi connectivity index (χ4n) is 3.85. The summed E-state index contributed by atoms with van der Waals surface area (Å²) >= 11 is 0. The van der Waals surface area contributed by atoms with Crippen LogP contribution in [-0.4, -0.2) is 13.2 Å². The Morgan fingerprint density at radius 2 is 1.38 bits per heavy atom. The molecule has 1 aliphatic rings. The molecule has 1 heterocycles. The van der Waals surface area contributed by atoms with Crippen molar-refractivity contribution in [2.75, 3.05) is 13.2 Å². The Morgan fingerprint density at radius 3 is 1.94 bits per heavy atom. The highest BCUT2D eigenvalue weighted by Crippen LogP contribution is 2.32. The number of hydrogen-bond acceptors (Lipinski definition) is 3. The second-order valence-corrected chi connectivity index (χ2v) is 8.21. The molecule has 8 heteroatoms. The SMILES string of the molecule is CCC[C@H]1CO[C@H](c2ccc(-c3cc(F)c(OCc4cc(F)c(F)c(F)c4)c(F)c3)cc2)OC1. The van der Waals surface area contributed by atoms with Crippen LogP contribution in [0.1, 0.15) is 37.2 Å². The van der Waals surface area contributed by atoms with E-state index < -0.39 is 47.7 Å². The van der Waals surface area contributed by atoms with Crippen LogP contribution in [0.4, 0.5) is 22.0 Å². The molecule has 0 radical (unpaired) electrons. The highest BCUT2D eigenvalue weighted by atomic mass is 19.2. The summed E-state index contributed by atoms with van der Waals surface area (Å²) < 4.78 is 85.5. The molecule has 1 fully saturated rings. The zero-order valence-electron chi connectivity index (χ0n) is 18.4. The molecule has 0 aromatic heterocycles. The first-order valence-electron chi connectivity index (χ1n) is 10.9. The minimum Gasteiger partial charge on any atom is -0.483 e. The van der Waals surface area contributed by atoms with Gasteiger partial charge in [0.1, 0.15) is 6.61 Å². The van der Waals surface area contributed by atoms with Gasteiger partial charge >= 0.3 is 0 Å². The van der Waals surface area contributed by atoms with Gasteiger partial charge in [0.05, 0.1) is 13.2 Å². The summed E-state index contributed by atoms with van der Waals surface area (Å²) in [6.07, 6.45) is 1.63. The molecular formula is C26H23F5O3. The summed E-state index contributed by atoms with van der Waals surface area (Å²) in [5.41, 5.74) is 1.54. The van der Waals surface area contributed by atoms with Crippen molar-refractivity contribution in [3.05, 3.63) is 88.7 Å². The van der Waals surface area contributed by atoms with Gasteiger partial charge in [-0.15, -0.1) is 0 Å². The highest BCUT2D eigenvalue weighted by molar-refractivity contribution is 5.65. The number of halogens is 5. The predicted molar refractivity (Wildman–Crippen MR) is 115 cm³/mol. The van der Waals surface area contributed by atoms with Crippen LogP contribution < -0.4 is 4.74 Å². The van der Waals surface area contributed by atoms with E-state index in [1.54, 1.807) is 24.3 Å². The molecular weight excluding hydrogens is 455 g/mol. The molecule has 3 nitrogen and oxygen atoms in total. The highest BCUT2D eigenvalue weighted by Gasteiger charge is 2.23. The monoisotopic (exact) mass is 478 g/mol. The third-order valence-electron chi connectivity index (χ3n) is 5.60. The summed E-state index contributed by atoms with van der Waals surface area (Å²) in [5.74, 6) is -6.74. The smallest absolute Gasteiger partial charge is 0.194 e. The standard InChI is InChI=1S/C26H23F5O3/c1-2-3-15-12-33-26(34-13-15)18-6-4-17(5-7-18)19-10-22(29)25(23(30)11-19)32-14-16-8-20(27)24(31)21(28)9-16/h4-11,15,26H,2-3,12-14H2,1H3/t15-,26-. The number of rotatable bonds is 7. The Bertz CT molecular complexity index is 1100. The first-order valence-corrected chi connectivity index (χ1v) is 10.9. The second kappa shape index (κ2) is 10.5. The second-order valence-electron chi connectivity index (χ2n) is 8.21. The minimum absolute atomic E-state index is 0.108. The molecule has 0 saturated carbocycles. The third kappa shape index (κ3) is 5.39. The molecule has 0 amide bonds. The molecule has 0 N–H and O–H groups in total. The van der Waals surface area contributed by atoms with Gasteiger partial charge in [-0.1, -0.05) is 37.6 Å². The molecule has 0 atom stereocenters. The van der Waals surface area contributed by atoms with Crippen molar-refractivity contribution in [3.8, 4) is 16.9 Å². The topological polar surface area (TPSA) is 27.7 Å². The van der Waals surface area contributed by atoms with Gasteiger partial charge in [0, 0.05) is 11.5 Å². The molecule has 1 aliphatic heterocycles. The van der Waals surface area contributed by atoms with E-state index in [0.29, 0.717) is 36.8 Å². The average molecular weight is 478 g/mol. The summed E-state index contributed by atoms with van der Waals surface area (Å²) in [6.45, 7) is 2.81. The normalized spacial score (nSPS) is 18.2. The van der Waals surface area contributed by atoms with E-state index in [9.17, 15) is 22.0 Å². The van der Waals surface area contributed by atoms with Crippen molar-refractivity contribution in [3.63, 3.8) is 0 Å². The lowest BCUT2D eigenvalue weighted by atomic mass is 10.0. The first-order chi connectivity index (χ1) is 16.4. The first kappa shape index (κ1) is 24.2. The Labute approximate surface area is 194 Å². The number of ether oxygens (including phenoxy) is 3. The molecule has 0 bridgehead atoms. The van der Waals surface area contributed by atoms with Crippen molar-refractivity contribution in [1.82, 2.24) is 0 Å². The van der Waals surface area contributed by atoms with Crippen LogP contribution in [0.15, 0.2) is 48.5 Å². The molecule has 1 saturated heterocycles. The van der Waals surface area contributed by atoms with Crippen molar-refractivity contribution in [2.24, 2.45) is 5.92 Å². The van der Waals surface area contributed by atoms with Gasteiger partial charge in [-0.05, 0) is 47.4 Å². The van der Waals surface area contributed by atoms with E-state index in [-0.39, 0.29) is 11.1 Å². The maximum absolute atomic E-state index is 14.6. The fourth-order valence-corrected chi connectivity index (χ4v) is 3.85. The Hall–Kier alpha value is -2.97. The molecule has 4 rings (SSSR count). The zero-order chi connectivity index (χ0) is 24.2. The lowest BCUT2D eigenvalue weighted by Gasteiger charge is -2.29. The predicted octanol–water partition coefficient (Wildman–Crippen LogP) is 7.09. The summed E-state index contributed by atoms with van der Waals surface area (Å²) in [7, 11) is 0. The van der Waals surface area contributed by atoms with Crippen LogP contribution in [0.2, 0.25) is 0 Å². The van der Waals surface area contributed by atoms with Gasteiger partial charge in [0.2, 0.25) is 0 Å². The van der Waals surface area contributed by atoms with E-state index in [1.807, 2.05) is 0 Å². The van der Waals surface area contributed by atoms with Gasteiger partial charge < -0.3 is 14.2 Å². The Morgan fingerprint density at radius 1 is 0.794 bits per heavy atom. The third-order valence-corrected chi connectivity index (χ3v) is 5.60. The number of benzene rings is 3. The van der Waals surface area contributed by atoms with Crippen LogP contribution >= 0.6 is 0 Å². The molecule has 34 heavy (non-hydrogen) atoms. The Kier molecular flexibility index (Phi) is 7.48. The van der Waals surface area contributed by atoms with E-state index in [2.05, 4.69) is 6.92 Å². The van der Waals surface area contributed by atoms with Crippen molar-refractivity contribution >= 4 is 0 Å². The summed E-state index contributed by atoms with van der Waals surface area (Å²) in [5, 5.41) is 0. The van der Waals surface area contributed by atoms with E-state index in [0.717, 1.165) is 30.5 Å². The average Bonchev–Trinajstić information content (AvgIpc) is 2.82. The largest absolute Gasteiger partial charge is 0.483 e. The van der Waals surface area contributed by atoms with Gasteiger partial charge in [0.15, 0.2) is 41.1 Å². The van der Waals surface area contributed by atoms with E-state index in [4.69, 9.17) is 14.2 Å². The van der Waals surface area contributed by atoms with E-state index >= 15 is 0 Å². The van der Waals surface area contributed by atoms with Crippen molar-refractivity contribution in [2.45, 2.75) is 32.7 Å². The molecule has 0 unspecified atom stereocenters. The zero-order valence-corrected chi connectivity index (χ0v) is 18.4. The minimum atomic E-state index is -1.63. The van der Waals surface area contributed by atoms with Crippen LogP contribution in [-0.2, 0) is 16.1 Å². The summed E-state index contributed by atoms with van der Waals surface area (Å²) in [6, 6.07) is 10.6. The van der Waals surface area contributed by atoms with Crippen LogP contribution in [0.25, 0.3) is 11.1 Å². The molecule has 0 aliphatic carbocycles. The summed E-state index contributed by atoms with van der Waals surface area (Å²) in [4.78, 5) is 0. The molecule has 180 valence electrons. The maximum atomic E-state index is 14.6. The maximum Gasteiger partial charge on any atom is 0.194 e. The molecule has 3 aromatic carbocycles. The van der Waals surface area contributed by atoms with Crippen LogP contribution in [0, 0.1) is 35.0 Å². The Balaban J connectivity index is 1.44. The molecule has 3 aromatic rings. The van der Waals surface area contributed by atoms with Crippen molar-refractivity contribution in [1.29, 1.82) is 0 Å². The van der Waals surface area contributed by atoms with Crippen LogP contribution in [0.5, 0.6) is 5.75 Å².